The van der Waals surface area contributed by atoms with Crippen LogP contribution in [0, 0.1) is 0 Å². The first-order chi connectivity index (χ1) is 25.6. The van der Waals surface area contributed by atoms with Gasteiger partial charge in [-0.05, 0) is 46.5 Å². The van der Waals surface area contributed by atoms with Crippen LogP contribution in [0.1, 0.15) is 201 Å². The van der Waals surface area contributed by atoms with Gasteiger partial charge in [-0.25, -0.2) is 4.79 Å². The minimum Gasteiger partial charge on any atom is -0.475 e. The minimum absolute atomic E-state index is 0.0880. The molecule has 2 unspecified atom stereocenters. The summed E-state index contributed by atoms with van der Waals surface area (Å²) in [6.45, 7) is 13.2. The molecule has 53 heavy (non-hydrogen) atoms. The first kappa shape index (κ1) is 47.0. The summed E-state index contributed by atoms with van der Waals surface area (Å²) in [4.78, 5) is 25.0. The number of amides is 1. The molecule has 0 aromatic carbocycles. The van der Waals surface area contributed by atoms with Crippen LogP contribution in [0.5, 0.6) is 5.88 Å². The van der Waals surface area contributed by atoms with Crippen molar-refractivity contribution < 1.29 is 28.3 Å². The third-order valence-electron chi connectivity index (χ3n) is 10.3. The summed E-state index contributed by atoms with van der Waals surface area (Å²) in [5.41, 5.74) is 1.61. The quantitative estimate of drug-likeness (QED) is 0.0456. The monoisotopic (exact) mass is 764 g/mol. The maximum atomic E-state index is 13.2. The van der Waals surface area contributed by atoms with Crippen LogP contribution >= 0.6 is 11.7 Å². The number of likely N-dealkylation sites (N-methyl/N-ethyl adjacent to an activating group) is 1. The number of rotatable bonds is 31. The maximum Gasteiger partial charge on any atom is 0.411 e. The fourth-order valence-electron chi connectivity index (χ4n) is 7.16. The summed E-state index contributed by atoms with van der Waals surface area (Å²) in [5.74, 6) is 0.561. The molecule has 9 nitrogen and oxygen atoms in total. The van der Waals surface area contributed by atoms with E-state index in [9.17, 15) is 9.59 Å². The van der Waals surface area contributed by atoms with Crippen LogP contribution in [-0.2, 0) is 14.3 Å². The van der Waals surface area contributed by atoms with E-state index in [1.807, 2.05) is 20.8 Å². The van der Waals surface area contributed by atoms with Crippen molar-refractivity contribution in [1.29, 1.82) is 0 Å². The van der Waals surface area contributed by atoms with Gasteiger partial charge in [-0.3, -0.25) is 9.28 Å². The molecule has 0 saturated carbocycles. The Morgan fingerprint density at radius 2 is 1.36 bits per heavy atom. The van der Waals surface area contributed by atoms with Crippen LogP contribution in [0.2, 0.25) is 0 Å². The molecule has 0 bridgehead atoms. The fraction of sp³-hybridized carbons (Fsp3) is 0.860. The third kappa shape index (κ3) is 22.1. The number of alkyl carbamates (subject to hydrolysis) is 1. The van der Waals surface area contributed by atoms with E-state index in [0.29, 0.717) is 29.9 Å². The van der Waals surface area contributed by atoms with Gasteiger partial charge in [-0.15, -0.1) is 4.37 Å². The minimum atomic E-state index is -0.398. The van der Waals surface area contributed by atoms with E-state index in [0.717, 1.165) is 75.7 Å². The van der Waals surface area contributed by atoms with Gasteiger partial charge in [0.25, 0.3) is 5.88 Å². The van der Waals surface area contributed by atoms with Gasteiger partial charge in [0.15, 0.2) is 0 Å². The number of esters is 1. The zero-order chi connectivity index (χ0) is 38.6. The average molecular weight is 764 g/mol. The summed E-state index contributed by atoms with van der Waals surface area (Å²) in [6, 6.07) is 0. The zero-order valence-corrected chi connectivity index (χ0v) is 35.8. The molecule has 2 atom stereocenters. The summed E-state index contributed by atoms with van der Waals surface area (Å²) in [5, 5.41) is 3.07. The van der Waals surface area contributed by atoms with Gasteiger partial charge in [0.2, 0.25) is 6.23 Å². The highest BCUT2D eigenvalue weighted by Gasteiger charge is 2.39. The topological polar surface area (TPSA) is 99.6 Å². The van der Waals surface area contributed by atoms with Crippen molar-refractivity contribution in [2.24, 2.45) is 0 Å². The maximum absolute atomic E-state index is 13.2. The van der Waals surface area contributed by atoms with Crippen LogP contribution in [-0.4, -0.2) is 70.4 Å². The van der Waals surface area contributed by atoms with Crippen LogP contribution in [0.3, 0.4) is 0 Å². The number of nitrogens with zero attached hydrogens (tertiary/aromatic N) is 3. The number of carbonyl (C=O) groups excluding carboxylic acids is 2. The molecule has 0 fully saturated rings. The first-order valence-electron chi connectivity index (χ1n) is 21.7. The second-order valence-electron chi connectivity index (χ2n) is 16.6. The molecule has 0 saturated heterocycles. The summed E-state index contributed by atoms with van der Waals surface area (Å²) in [7, 11) is 2.24. The molecule has 2 rings (SSSR count). The Morgan fingerprint density at radius 3 is 1.98 bits per heavy atom. The standard InChI is InChI=1S/C43H78N4O5S/c1-7-9-11-13-14-16-19-22-25-31-38(47(6)34-29-30-37(36-47)40-41(46-53-45-40)50-35-28-12-10-8-2)51-42(49)44-33-27-24-21-18-15-17-20-23-26-32-39(48)52-43(3,4)5/h30,38H,7-29,31-36H2,1-6H3/p+1. The lowest BCUT2D eigenvalue weighted by atomic mass is 10.0. The Morgan fingerprint density at radius 1 is 0.792 bits per heavy atom. The Balaban J connectivity index is 1.78. The van der Waals surface area contributed by atoms with Crippen molar-refractivity contribution >= 4 is 29.4 Å². The van der Waals surface area contributed by atoms with Crippen molar-refractivity contribution in [2.75, 3.05) is 33.3 Å². The zero-order valence-electron chi connectivity index (χ0n) is 35.0. The van der Waals surface area contributed by atoms with Crippen LogP contribution in [0.4, 0.5) is 4.79 Å². The molecule has 2 heterocycles. The largest absolute Gasteiger partial charge is 0.475 e. The van der Waals surface area contributed by atoms with Crippen LogP contribution in [0.25, 0.3) is 5.57 Å². The van der Waals surface area contributed by atoms with Crippen LogP contribution < -0.4 is 10.1 Å². The average Bonchev–Trinajstić information content (AvgIpc) is 3.58. The van der Waals surface area contributed by atoms with E-state index >= 15 is 0 Å². The van der Waals surface area contributed by atoms with E-state index < -0.39 is 5.60 Å². The Hall–Kier alpha value is -2.20. The van der Waals surface area contributed by atoms with E-state index in [4.69, 9.17) is 14.2 Å². The van der Waals surface area contributed by atoms with Crippen molar-refractivity contribution in [3.8, 4) is 5.88 Å². The van der Waals surface area contributed by atoms with E-state index in [1.54, 1.807) is 0 Å². The molecule has 1 aliphatic heterocycles. The number of nitrogens with one attached hydrogen (secondary N) is 1. The molecular formula is C43H79N4O5S+. The Kier molecular flexibility index (Phi) is 25.0. The van der Waals surface area contributed by atoms with Crippen molar-refractivity contribution in [1.82, 2.24) is 14.1 Å². The van der Waals surface area contributed by atoms with Gasteiger partial charge in [0, 0.05) is 31.4 Å². The normalized spacial score (nSPS) is 16.6. The van der Waals surface area contributed by atoms with Crippen molar-refractivity contribution in [3.63, 3.8) is 0 Å². The van der Waals surface area contributed by atoms with Crippen molar-refractivity contribution in [2.45, 2.75) is 207 Å². The molecule has 0 aliphatic carbocycles. The number of unbranched alkanes of at least 4 members (excludes halogenated alkanes) is 19. The van der Waals surface area contributed by atoms with E-state index in [-0.39, 0.29) is 18.3 Å². The third-order valence-corrected chi connectivity index (χ3v) is 10.8. The first-order valence-corrected chi connectivity index (χ1v) is 22.5. The molecule has 1 aromatic heterocycles. The predicted molar refractivity (Wildman–Crippen MR) is 220 cm³/mol. The van der Waals surface area contributed by atoms with Gasteiger partial charge in [-0.1, -0.05) is 135 Å². The summed E-state index contributed by atoms with van der Waals surface area (Å²) < 4.78 is 27.6. The highest BCUT2D eigenvalue weighted by Crippen LogP contribution is 2.33. The highest BCUT2D eigenvalue weighted by molar-refractivity contribution is 6.99. The molecule has 1 aromatic rings. The SMILES string of the molecule is CCCCCCCCCCCC(OC(=O)NCCCCCCCCCCCC(=O)OC(C)(C)C)[N+]1(C)CCC=C(c2nsnc2OCCCCCC)C1. The van der Waals surface area contributed by atoms with Crippen molar-refractivity contribution in [3.05, 3.63) is 11.8 Å². The highest BCUT2D eigenvalue weighted by atomic mass is 32.1. The molecule has 0 radical (unpaired) electrons. The van der Waals surface area contributed by atoms with Gasteiger partial charge in [-0.2, -0.15) is 4.37 Å². The lowest BCUT2D eigenvalue weighted by molar-refractivity contribution is -0.947. The van der Waals surface area contributed by atoms with E-state index in [2.05, 4.69) is 41.0 Å². The molecule has 1 aliphatic rings. The molecule has 10 heteroatoms. The molecule has 1 N–H and O–H groups in total. The molecule has 0 spiro atoms. The fourth-order valence-corrected chi connectivity index (χ4v) is 7.69. The van der Waals surface area contributed by atoms with Gasteiger partial charge in [0.05, 0.1) is 31.9 Å². The second kappa shape index (κ2) is 28.2. The van der Waals surface area contributed by atoms with Gasteiger partial charge < -0.3 is 19.5 Å². The lowest BCUT2D eigenvalue weighted by Crippen LogP contribution is -2.57. The van der Waals surface area contributed by atoms with Gasteiger partial charge in [0.1, 0.15) is 17.8 Å². The molecule has 1 amide bonds. The van der Waals surface area contributed by atoms with Gasteiger partial charge >= 0.3 is 12.1 Å². The second-order valence-corrected chi connectivity index (χ2v) is 17.2. The molecular weight excluding hydrogens is 685 g/mol. The molecule has 306 valence electrons. The lowest BCUT2D eigenvalue weighted by Gasteiger charge is -2.42. The number of carbonyl (C=O) groups is 2. The van der Waals surface area contributed by atoms with E-state index in [1.165, 1.54) is 114 Å². The smallest absolute Gasteiger partial charge is 0.411 e. The Labute approximate surface area is 328 Å². The number of ether oxygens (including phenoxy) is 3. The number of hydrogen-bond acceptors (Lipinski definition) is 8. The number of aromatic nitrogens is 2. The van der Waals surface area contributed by atoms with Crippen LogP contribution in [0.15, 0.2) is 6.08 Å². The summed E-state index contributed by atoms with van der Waals surface area (Å²) in [6.07, 6.45) is 30.2. The predicted octanol–water partition coefficient (Wildman–Crippen LogP) is 11.9. The Bertz CT molecular complexity index is 1140. The summed E-state index contributed by atoms with van der Waals surface area (Å²) >= 11 is 1.22. The number of quaternary nitrogens is 1. The number of hydrogen-bond donors (Lipinski definition) is 1.